The Morgan fingerprint density at radius 1 is 1.05 bits per heavy atom. The molecular formula is C17H18O3. The van der Waals surface area contributed by atoms with Gasteiger partial charge in [-0.05, 0) is 25.1 Å². The van der Waals surface area contributed by atoms with Crippen LogP contribution in [0.1, 0.15) is 21.5 Å². The van der Waals surface area contributed by atoms with Crippen LogP contribution in [0.2, 0.25) is 0 Å². The summed E-state index contributed by atoms with van der Waals surface area (Å²) in [5.41, 5.74) is 2.66. The van der Waals surface area contributed by atoms with Crippen molar-refractivity contribution in [2.45, 2.75) is 13.3 Å². The molecule has 0 aliphatic rings. The number of carbonyl (C=O) groups is 1. The van der Waals surface area contributed by atoms with Crippen LogP contribution in [0.15, 0.2) is 42.5 Å². The summed E-state index contributed by atoms with van der Waals surface area (Å²) in [6.07, 6.45) is 0.317. The van der Waals surface area contributed by atoms with Crippen molar-refractivity contribution in [3.05, 3.63) is 59.2 Å². The molecule has 0 aliphatic heterocycles. The fraction of sp³-hybridized carbons (Fsp3) is 0.235. The second-order valence-corrected chi connectivity index (χ2v) is 4.65. The van der Waals surface area contributed by atoms with Crippen molar-refractivity contribution in [3.8, 4) is 11.5 Å². The molecule has 0 N–H and O–H groups in total. The summed E-state index contributed by atoms with van der Waals surface area (Å²) >= 11 is 0. The van der Waals surface area contributed by atoms with Gasteiger partial charge in [-0.3, -0.25) is 4.79 Å². The van der Waals surface area contributed by atoms with Crippen molar-refractivity contribution in [3.63, 3.8) is 0 Å². The number of ketones is 1. The quantitative estimate of drug-likeness (QED) is 0.781. The number of rotatable bonds is 5. The largest absolute Gasteiger partial charge is 0.497 e. The predicted molar refractivity (Wildman–Crippen MR) is 78.8 cm³/mol. The number of aryl methyl sites for hydroxylation is 1. The molecule has 0 saturated carbocycles. The molecule has 0 heterocycles. The molecule has 0 aliphatic carbocycles. The van der Waals surface area contributed by atoms with Gasteiger partial charge in [-0.15, -0.1) is 0 Å². The molecule has 104 valence electrons. The number of methoxy groups -OCH3 is 2. The standard InChI is InChI=1S/C17H18O3/c1-12-7-8-17(20-3)14(9-12)11-16(18)13-5-4-6-15(10-13)19-2/h4-10H,11H2,1-3H3. The first-order chi connectivity index (χ1) is 9.63. The number of hydrogen-bond acceptors (Lipinski definition) is 3. The van der Waals surface area contributed by atoms with Gasteiger partial charge < -0.3 is 9.47 Å². The Morgan fingerprint density at radius 3 is 2.55 bits per heavy atom. The lowest BCUT2D eigenvalue weighted by Crippen LogP contribution is -2.05. The smallest absolute Gasteiger partial charge is 0.167 e. The van der Waals surface area contributed by atoms with E-state index in [1.54, 1.807) is 26.4 Å². The van der Waals surface area contributed by atoms with Crippen LogP contribution in [0.25, 0.3) is 0 Å². The Bertz CT molecular complexity index is 617. The highest BCUT2D eigenvalue weighted by molar-refractivity contribution is 5.98. The second-order valence-electron chi connectivity index (χ2n) is 4.65. The minimum absolute atomic E-state index is 0.0489. The summed E-state index contributed by atoms with van der Waals surface area (Å²) in [6, 6.07) is 13.0. The monoisotopic (exact) mass is 270 g/mol. The molecule has 2 rings (SSSR count). The van der Waals surface area contributed by atoms with Gasteiger partial charge in [-0.1, -0.05) is 29.8 Å². The normalized spacial score (nSPS) is 10.2. The van der Waals surface area contributed by atoms with Crippen LogP contribution in [-0.2, 0) is 6.42 Å². The predicted octanol–water partition coefficient (Wildman–Crippen LogP) is 3.44. The zero-order valence-electron chi connectivity index (χ0n) is 12.0. The molecule has 0 spiro atoms. The highest BCUT2D eigenvalue weighted by Crippen LogP contribution is 2.22. The minimum atomic E-state index is 0.0489. The molecule has 0 aromatic heterocycles. The Balaban J connectivity index is 2.25. The lowest BCUT2D eigenvalue weighted by molar-refractivity contribution is 0.0991. The fourth-order valence-electron chi connectivity index (χ4n) is 2.12. The van der Waals surface area contributed by atoms with Crippen LogP contribution in [0, 0.1) is 6.92 Å². The molecular weight excluding hydrogens is 252 g/mol. The number of Topliss-reactive ketones (excluding diaryl/α,β-unsaturated/α-hetero) is 1. The van der Waals surface area contributed by atoms with E-state index in [2.05, 4.69) is 0 Å². The summed E-state index contributed by atoms with van der Waals surface area (Å²) in [6.45, 7) is 2.00. The van der Waals surface area contributed by atoms with E-state index in [-0.39, 0.29) is 5.78 Å². The first kappa shape index (κ1) is 14.1. The maximum Gasteiger partial charge on any atom is 0.167 e. The zero-order chi connectivity index (χ0) is 14.5. The van der Waals surface area contributed by atoms with E-state index >= 15 is 0 Å². The maximum absolute atomic E-state index is 12.4. The van der Waals surface area contributed by atoms with Gasteiger partial charge in [0, 0.05) is 17.5 Å². The molecule has 0 unspecified atom stereocenters. The fourth-order valence-corrected chi connectivity index (χ4v) is 2.12. The van der Waals surface area contributed by atoms with E-state index in [1.807, 2.05) is 37.3 Å². The first-order valence-electron chi connectivity index (χ1n) is 6.45. The first-order valence-corrected chi connectivity index (χ1v) is 6.45. The summed E-state index contributed by atoms with van der Waals surface area (Å²) in [5.74, 6) is 1.48. The van der Waals surface area contributed by atoms with Crippen LogP contribution in [0.3, 0.4) is 0 Å². The average Bonchev–Trinajstić information content (AvgIpc) is 2.47. The van der Waals surface area contributed by atoms with Gasteiger partial charge in [0.05, 0.1) is 14.2 Å². The number of benzene rings is 2. The van der Waals surface area contributed by atoms with Crippen molar-refractivity contribution in [1.29, 1.82) is 0 Å². The Morgan fingerprint density at radius 2 is 1.85 bits per heavy atom. The average molecular weight is 270 g/mol. The second kappa shape index (κ2) is 6.24. The topological polar surface area (TPSA) is 35.5 Å². The number of ether oxygens (including phenoxy) is 2. The Hall–Kier alpha value is -2.29. The Kier molecular flexibility index (Phi) is 4.41. The third-order valence-corrected chi connectivity index (χ3v) is 3.18. The molecule has 0 radical (unpaired) electrons. The SMILES string of the molecule is COc1cccc(C(=O)Cc2cc(C)ccc2OC)c1. The molecule has 3 nitrogen and oxygen atoms in total. The van der Waals surface area contributed by atoms with Gasteiger partial charge in [0.1, 0.15) is 11.5 Å². The van der Waals surface area contributed by atoms with E-state index in [4.69, 9.17) is 9.47 Å². The van der Waals surface area contributed by atoms with E-state index in [0.29, 0.717) is 17.7 Å². The van der Waals surface area contributed by atoms with Crippen LogP contribution < -0.4 is 9.47 Å². The Labute approximate surface area is 119 Å². The van der Waals surface area contributed by atoms with Gasteiger partial charge in [-0.2, -0.15) is 0 Å². The van der Waals surface area contributed by atoms with Crippen molar-refractivity contribution in [2.75, 3.05) is 14.2 Å². The molecule has 0 fully saturated rings. The van der Waals surface area contributed by atoms with Gasteiger partial charge in [0.15, 0.2) is 5.78 Å². The van der Waals surface area contributed by atoms with Crippen LogP contribution in [0.5, 0.6) is 11.5 Å². The van der Waals surface area contributed by atoms with Gasteiger partial charge >= 0.3 is 0 Å². The van der Waals surface area contributed by atoms with Gasteiger partial charge in [-0.25, -0.2) is 0 Å². The molecule has 2 aromatic rings. The maximum atomic E-state index is 12.4. The van der Waals surface area contributed by atoms with E-state index < -0.39 is 0 Å². The molecule has 0 bridgehead atoms. The van der Waals surface area contributed by atoms with Crippen molar-refractivity contribution in [2.24, 2.45) is 0 Å². The van der Waals surface area contributed by atoms with Gasteiger partial charge in [0.25, 0.3) is 0 Å². The van der Waals surface area contributed by atoms with Crippen LogP contribution in [0.4, 0.5) is 0 Å². The third kappa shape index (κ3) is 3.18. The summed E-state index contributed by atoms with van der Waals surface area (Å²) in [7, 11) is 3.21. The highest BCUT2D eigenvalue weighted by atomic mass is 16.5. The molecule has 2 aromatic carbocycles. The number of carbonyl (C=O) groups excluding carboxylic acids is 1. The van der Waals surface area contributed by atoms with Gasteiger partial charge in [0.2, 0.25) is 0 Å². The van der Waals surface area contributed by atoms with E-state index in [0.717, 1.165) is 16.9 Å². The lowest BCUT2D eigenvalue weighted by Gasteiger charge is -2.09. The zero-order valence-corrected chi connectivity index (χ0v) is 12.0. The minimum Gasteiger partial charge on any atom is -0.497 e. The third-order valence-electron chi connectivity index (χ3n) is 3.18. The molecule has 3 heteroatoms. The molecule has 20 heavy (non-hydrogen) atoms. The van der Waals surface area contributed by atoms with Crippen molar-refractivity contribution in [1.82, 2.24) is 0 Å². The van der Waals surface area contributed by atoms with E-state index in [1.165, 1.54) is 0 Å². The lowest BCUT2D eigenvalue weighted by atomic mass is 10.0. The molecule has 0 amide bonds. The summed E-state index contributed by atoms with van der Waals surface area (Å²) < 4.78 is 10.4. The van der Waals surface area contributed by atoms with Crippen LogP contribution >= 0.6 is 0 Å². The van der Waals surface area contributed by atoms with Crippen molar-refractivity contribution >= 4 is 5.78 Å². The summed E-state index contributed by atoms with van der Waals surface area (Å²) in [5, 5.41) is 0. The molecule has 0 atom stereocenters. The number of hydrogen-bond donors (Lipinski definition) is 0. The van der Waals surface area contributed by atoms with Crippen molar-refractivity contribution < 1.29 is 14.3 Å². The molecule has 0 saturated heterocycles. The van der Waals surface area contributed by atoms with E-state index in [9.17, 15) is 4.79 Å². The summed E-state index contributed by atoms with van der Waals surface area (Å²) in [4.78, 5) is 12.4. The van der Waals surface area contributed by atoms with Crippen LogP contribution in [-0.4, -0.2) is 20.0 Å². The highest BCUT2D eigenvalue weighted by Gasteiger charge is 2.11.